The van der Waals surface area contributed by atoms with E-state index in [9.17, 15) is 23.1 Å². The monoisotopic (exact) mass is 389 g/mol. The van der Waals surface area contributed by atoms with E-state index < -0.39 is 23.2 Å². The molecule has 146 valence electrons. The van der Waals surface area contributed by atoms with Gasteiger partial charge >= 0.3 is 6.18 Å². The molecule has 28 heavy (non-hydrogen) atoms. The fraction of sp³-hybridized carbons (Fsp3) is 0.200. The quantitative estimate of drug-likeness (QED) is 0.590. The first-order valence-corrected chi connectivity index (χ1v) is 8.35. The number of hydrogen-bond donors (Lipinski definition) is 3. The predicted octanol–water partition coefficient (Wildman–Crippen LogP) is 3.97. The highest BCUT2D eigenvalue weighted by Gasteiger charge is 2.33. The first kappa shape index (κ1) is 19.6. The summed E-state index contributed by atoms with van der Waals surface area (Å²) in [7, 11) is 0. The smallest absolute Gasteiger partial charge is 0.386 e. The second kappa shape index (κ2) is 6.79. The minimum atomic E-state index is -4.56. The Labute approximate surface area is 158 Å². The van der Waals surface area contributed by atoms with Gasteiger partial charge in [0.1, 0.15) is 5.65 Å². The van der Waals surface area contributed by atoms with Crippen LogP contribution in [0.4, 0.5) is 13.2 Å². The molecule has 0 fully saturated rings. The summed E-state index contributed by atoms with van der Waals surface area (Å²) in [5.41, 5.74) is 4.79. The maximum absolute atomic E-state index is 13.3. The van der Waals surface area contributed by atoms with Crippen LogP contribution in [0, 0.1) is 0 Å². The van der Waals surface area contributed by atoms with Crippen LogP contribution in [-0.4, -0.2) is 21.0 Å². The number of carbonyl (C=O) groups is 1. The number of aliphatic hydroxyl groups is 1. The highest BCUT2D eigenvalue weighted by atomic mass is 19.4. The topological polar surface area (TPSA) is 92.0 Å². The van der Waals surface area contributed by atoms with Gasteiger partial charge in [-0.1, -0.05) is 0 Å². The van der Waals surface area contributed by atoms with Gasteiger partial charge in [-0.2, -0.15) is 13.2 Å². The van der Waals surface area contributed by atoms with Crippen LogP contribution in [0.15, 0.2) is 42.7 Å². The molecule has 4 N–H and O–H groups in total. The number of alkyl halides is 3. The lowest BCUT2D eigenvalue weighted by molar-refractivity contribution is -0.137. The lowest BCUT2D eigenvalue weighted by Gasteiger charge is -2.21. The third-order valence-corrected chi connectivity index (χ3v) is 4.29. The van der Waals surface area contributed by atoms with Crippen molar-refractivity contribution in [2.45, 2.75) is 25.6 Å². The molecule has 2 heterocycles. The van der Waals surface area contributed by atoms with Crippen molar-refractivity contribution in [2.75, 3.05) is 0 Å². The largest absolute Gasteiger partial charge is 0.416 e. The van der Waals surface area contributed by atoms with Gasteiger partial charge in [-0.15, -0.1) is 0 Å². The van der Waals surface area contributed by atoms with Crippen molar-refractivity contribution < 1.29 is 23.1 Å². The summed E-state index contributed by atoms with van der Waals surface area (Å²) in [5.74, 6) is -0.619. The number of hydrogen-bond acceptors (Lipinski definition) is 3. The minimum Gasteiger partial charge on any atom is -0.386 e. The summed E-state index contributed by atoms with van der Waals surface area (Å²) >= 11 is 0. The molecule has 0 spiro atoms. The zero-order valence-electron chi connectivity index (χ0n) is 15.1. The molecule has 5 nitrogen and oxygen atoms in total. The molecule has 1 aromatic carbocycles. The summed E-state index contributed by atoms with van der Waals surface area (Å²) in [5, 5.41) is 10.8. The maximum Gasteiger partial charge on any atom is 0.416 e. The average Bonchev–Trinajstić information content (AvgIpc) is 3.00. The van der Waals surface area contributed by atoms with Crippen molar-refractivity contribution in [2.24, 2.45) is 5.73 Å². The summed E-state index contributed by atoms with van der Waals surface area (Å²) < 4.78 is 40.0. The second-order valence-corrected chi connectivity index (χ2v) is 6.96. The number of amides is 1. The number of nitrogens with one attached hydrogen (secondary N) is 1. The molecule has 3 aromatic rings. The third-order valence-electron chi connectivity index (χ3n) is 4.29. The Morgan fingerprint density at radius 3 is 2.43 bits per heavy atom. The molecular weight excluding hydrogens is 371 g/mol. The first-order valence-electron chi connectivity index (χ1n) is 8.35. The van der Waals surface area contributed by atoms with Crippen LogP contribution in [-0.2, 0) is 16.6 Å². The number of carbonyl (C=O) groups excluding carboxylic acids is 1. The van der Waals surface area contributed by atoms with Crippen LogP contribution in [0.1, 0.15) is 30.5 Å². The van der Waals surface area contributed by atoms with Gasteiger partial charge in [-0.3, -0.25) is 4.79 Å². The highest BCUT2D eigenvalue weighted by molar-refractivity contribution is 5.95. The number of benzene rings is 1. The summed E-state index contributed by atoms with van der Waals surface area (Å²) in [6, 6.07) is 5.13. The van der Waals surface area contributed by atoms with E-state index in [1.807, 2.05) is 0 Å². The molecule has 0 bridgehead atoms. The van der Waals surface area contributed by atoms with E-state index in [0.29, 0.717) is 22.2 Å². The first-order chi connectivity index (χ1) is 12.9. The van der Waals surface area contributed by atoms with Crippen molar-refractivity contribution >= 4 is 23.0 Å². The van der Waals surface area contributed by atoms with Gasteiger partial charge in [-0.05, 0) is 55.3 Å². The number of rotatable bonds is 4. The minimum absolute atomic E-state index is 0.139. The second-order valence-electron chi connectivity index (χ2n) is 6.96. The van der Waals surface area contributed by atoms with E-state index in [-0.39, 0.29) is 11.1 Å². The lowest BCUT2D eigenvalue weighted by Crippen LogP contribution is -2.17. The number of fused-ring (bicyclic) bond motifs is 1. The molecule has 0 aliphatic carbocycles. The summed E-state index contributed by atoms with van der Waals surface area (Å²) in [4.78, 5) is 18.1. The summed E-state index contributed by atoms with van der Waals surface area (Å²) in [6.07, 6.45) is 1.20. The van der Waals surface area contributed by atoms with Gasteiger partial charge < -0.3 is 15.8 Å². The number of nitrogens with zero attached hydrogens (tertiary/aromatic N) is 1. The van der Waals surface area contributed by atoms with E-state index in [1.54, 1.807) is 12.3 Å². The number of aromatic nitrogens is 2. The lowest BCUT2D eigenvalue weighted by atomic mass is 9.92. The standard InChI is InChI=1S/C20H18F3N3O2/c1-19(2,28)14-5-12(6-15(8-14)20(21,22)23)13-7-16-11(3-4-17(24)27)9-25-18(16)26-10-13/h3-10,28H,1-2H3,(H2,24,27)(H,25,26). The molecule has 0 aliphatic rings. The Morgan fingerprint density at radius 1 is 1.14 bits per heavy atom. The van der Waals surface area contributed by atoms with Crippen LogP contribution in [0.3, 0.4) is 0 Å². The van der Waals surface area contributed by atoms with Gasteiger partial charge in [-0.25, -0.2) is 4.98 Å². The molecule has 0 aliphatic heterocycles. The third kappa shape index (κ3) is 4.07. The number of primary amides is 1. The van der Waals surface area contributed by atoms with Gasteiger partial charge in [0.2, 0.25) is 5.91 Å². The molecule has 8 heteroatoms. The molecular formula is C20H18F3N3O2. The fourth-order valence-electron chi connectivity index (χ4n) is 2.80. The van der Waals surface area contributed by atoms with Crippen molar-refractivity contribution in [3.8, 4) is 11.1 Å². The SMILES string of the molecule is CC(C)(O)c1cc(-c2cnc3[nH]cc(C=CC(N)=O)c3c2)cc(C(F)(F)F)c1. The van der Waals surface area contributed by atoms with Crippen molar-refractivity contribution in [3.05, 3.63) is 59.4 Å². The molecule has 2 aromatic heterocycles. The Balaban J connectivity index is 2.18. The molecule has 0 saturated carbocycles. The molecule has 0 atom stereocenters. The Bertz CT molecular complexity index is 1040. The van der Waals surface area contributed by atoms with E-state index >= 15 is 0 Å². The number of pyridine rings is 1. The highest BCUT2D eigenvalue weighted by Crippen LogP contribution is 2.36. The van der Waals surface area contributed by atoms with Crippen LogP contribution in [0.2, 0.25) is 0 Å². The predicted molar refractivity (Wildman–Crippen MR) is 100 cm³/mol. The maximum atomic E-state index is 13.3. The molecule has 3 rings (SSSR count). The van der Waals surface area contributed by atoms with E-state index in [4.69, 9.17) is 5.73 Å². The van der Waals surface area contributed by atoms with E-state index in [1.165, 1.54) is 38.3 Å². The van der Waals surface area contributed by atoms with Crippen molar-refractivity contribution in [1.29, 1.82) is 0 Å². The number of halogens is 3. The van der Waals surface area contributed by atoms with Gasteiger partial charge in [0.05, 0.1) is 11.2 Å². The Kier molecular flexibility index (Phi) is 4.76. The molecule has 0 saturated heterocycles. The number of aromatic amines is 1. The Morgan fingerprint density at radius 2 is 1.82 bits per heavy atom. The number of nitrogens with two attached hydrogens (primary N) is 1. The van der Waals surface area contributed by atoms with Crippen LogP contribution in [0.25, 0.3) is 28.2 Å². The van der Waals surface area contributed by atoms with Crippen LogP contribution < -0.4 is 5.73 Å². The van der Waals surface area contributed by atoms with E-state index in [2.05, 4.69) is 9.97 Å². The zero-order valence-corrected chi connectivity index (χ0v) is 15.1. The fourth-order valence-corrected chi connectivity index (χ4v) is 2.80. The number of H-pyrrole nitrogens is 1. The molecule has 0 unspecified atom stereocenters. The Hall–Kier alpha value is -3.13. The van der Waals surface area contributed by atoms with E-state index in [0.717, 1.165) is 12.1 Å². The van der Waals surface area contributed by atoms with Gasteiger partial charge in [0.15, 0.2) is 0 Å². The van der Waals surface area contributed by atoms with Crippen LogP contribution in [0.5, 0.6) is 0 Å². The normalized spacial score (nSPS) is 12.8. The van der Waals surface area contributed by atoms with Gasteiger partial charge in [0.25, 0.3) is 0 Å². The van der Waals surface area contributed by atoms with Crippen molar-refractivity contribution in [1.82, 2.24) is 9.97 Å². The average molecular weight is 389 g/mol. The van der Waals surface area contributed by atoms with Crippen molar-refractivity contribution in [3.63, 3.8) is 0 Å². The molecule has 0 radical (unpaired) electrons. The summed E-state index contributed by atoms with van der Waals surface area (Å²) in [6.45, 7) is 2.85. The van der Waals surface area contributed by atoms with Crippen LogP contribution >= 0.6 is 0 Å². The molecule has 1 amide bonds. The zero-order chi connectivity index (χ0) is 20.7. The van der Waals surface area contributed by atoms with Gasteiger partial charge in [0, 0.05) is 35.0 Å².